The first-order valence-electron chi connectivity index (χ1n) is 7.80. The van der Waals surface area contributed by atoms with Gasteiger partial charge in [0, 0.05) is 10.6 Å². The fourth-order valence-corrected chi connectivity index (χ4v) is 2.91. The van der Waals surface area contributed by atoms with Gasteiger partial charge in [0.15, 0.2) is 6.04 Å². The summed E-state index contributed by atoms with van der Waals surface area (Å²) in [4.78, 5) is 0.980. The highest BCUT2D eigenvalue weighted by atomic mass is 35.5. The van der Waals surface area contributed by atoms with Crippen LogP contribution < -0.4 is 4.90 Å². The van der Waals surface area contributed by atoms with E-state index in [9.17, 15) is 4.39 Å². The lowest BCUT2D eigenvalue weighted by Gasteiger charge is -2.19. The first-order valence-corrected chi connectivity index (χ1v) is 8.56. The molecule has 2 aromatic carbocycles. The van der Waals surface area contributed by atoms with Crippen molar-refractivity contribution in [1.82, 2.24) is 10.2 Å². The number of quaternary nitrogens is 1. The van der Waals surface area contributed by atoms with Gasteiger partial charge in [0.25, 0.3) is 5.89 Å². The zero-order valence-corrected chi connectivity index (χ0v) is 15.3. The molecular formula is C18H17Cl2FN3O+. The molecule has 4 nitrogen and oxygen atoms in total. The number of hydrogen-bond acceptors (Lipinski definition) is 3. The number of aromatic nitrogens is 2. The molecule has 0 fully saturated rings. The number of nitrogens with one attached hydrogen (secondary N) is 1. The van der Waals surface area contributed by atoms with E-state index in [1.807, 2.05) is 26.1 Å². The molecule has 25 heavy (non-hydrogen) atoms. The van der Waals surface area contributed by atoms with Gasteiger partial charge in [0.2, 0.25) is 5.89 Å². The van der Waals surface area contributed by atoms with Crippen LogP contribution in [0.2, 0.25) is 10.0 Å². The summed E-state index contributed by atoms with van der Waals surface area (Å²) >= 11 is 12.1. The molecule has 0 amide bonds. The fraction of sp³-hybridized carbons (Fsp3) is 0.222. The third-order valence-corrected chi connectivity index (χ3v) is 4.73. The molecule has 1 N–H and O–H groups in total. The van der Waals surface area contributed by atoms with E-state index in [4.69, 9.17) is 27.6 Å². The molecule has 0 aliphatic heterocycles. The van der Waals surface area contributed by atoms with Crippen molar-refractivity contribution in [2.45, 2.75) is 19.5 Å². The molecule has 0 bridgehead atoms. The number of nitrogens with zero attached hydrogens (tertiary/aromatic N) is 2. The highest BCUT2D eigenvalue weighted by Gasteiger charge is 2.24. The molecule has 0 saturated carbocycles. The Morgan fingerprint density at radius 3 is 2.64 bits per heavy atom. The normalized spacial score (nSPS) is 13.6. The van der Waals surface area contributed by atoms with Crippen molar-refractivity contribution in [3.8, 4) is 11.5 Å². The van der Waals surface area contributed by atoms with E-state index in [0.717, 1.165) is 10.5 Å². The largest absolute Gasteiger partial charge is 0.415 e. The average Bonchev–Trinajstić information content (AvgIpc) is 3.07. The minimum atomic E-state index is -0.316. The lowest BCUT2D eigenvalue weighted by Crippen LogP contribution is -3.07. The zero-order valence-electron chi connectivity index (χ0n) is 13.8. The Morgan fingerprint density at radius 2 is 1.92 bits per heavy atom. The molecule has 3 rings (SSSR count). The second kappa shape index (κ2) is 7.52. The smallest absolute Gasteiger partial charge is 0.274 e. The van der Waals surface area contributed by atoms with Crippen LogP contribution in [-0.4, -0.2) is 17.2 Å². The van der Waals surface area contributed by atoms with Crippen LogP contribution in [0.4, 0.5) is 4.39 Å². The summed E-state index contributed by atoms with van der Waals surface area (Å²) in [6.45, 7) is 2.35. The number of rotatable bonds is 5. The van der Waals surface area contributed by atoms with E-state index in [-0.39, 0.29) is 11.9 Å². The second-order valence-corrected chi connectivity index (χ2v) is 6.74. The lowest BCUT2D eigenvalue weighted by molar-refractivity contribution is -0.925. The molecule has 0 aliphatic rings. The van der Waals surface area contributed by atoms with Gasteiger partial charge in [0.05, 0.1) is 17.6 Å². The van der Waals surface area contributed by atoms with Gasteiger partial charge in [-0.2, -0.15) is 0 Å². The monoisotopic (exact) mass is 380 g/mol. The minimum Gasteiger partial charge on any atom is -0.415 e. The summed E-state index contributed by atoms with van der Waals surface area (Å²) in [5.41, 5.74) is 1.23. The standard InChI is InChI=1S/C18H16Cl2FN3O/c1-11(24(2)10-14-15(20)7-4-8-16(14)21)17-22-23-18(25-17)12-5-3-6-13(19)9-12/h3-9,11H,10H2,1-2H3/p+1/t11-/m1/s1. The molecule has 1 aromatic heterocycles. The predicted octanol–water partition coefficient (Wildman–Crippen LogP) is 3.96. The Labute approximate surface area is 155 Å². The number of halogens is 3. The van der Waals surface area contributed by atoms with E-state index in [1.165, 1.54) is 6.07 Å². The summed E-state index contributed by atoms with van der Waals surface area (Å²) in [6.07, 6.45) is 0. The average molecular weight is 381 g/mol. The fourth-order valence-electron chi connectivity index (χ4n) is 2.49. The Bertz CT molecular complexity index is 864. The highest BCUT2D eigenvalue weighted by Crippen LogP contribution is 2.23. The van der Waals surface area contributed by atoms with E-state index in [2.05, 4.69) is 10.2 Å². The highest BCUT2D eigenvalue weighted by molar-refractivity contribution is 6.31. The summed E-state index contributed by atoms with van der Waals surface area (Å²) in [5, 5.41) is 9.22. The van der Waals surface area contributed by atoms with E-state index in [1.54, 1.807) is 24.3 Å². The SMILES string of the molecule is C[C@H](c1nnc(-c2cccc(Cl)c2)o1)[NH+](C)Cc1c(F)cccc1Cl. The van der Waals surface area contributed by atoms with Crippen LogP contribution in [0, 0.1) is 5.82 Å². The van der Waals surface area contributed by atoms with Crippen LogP contribution in [0.3, 0.4) is 0 Å². The van der Waals surface area contributed by atoms with Crippen LogP contribution in [0.25, 0.3) is 11.5 Å². The van der Waals surface area contributed by atoms with Crippen molar-refractivity contribution < 1.29 is 13.7 Å². The van der Waals surface area contributed by atoms with Crippen LogP contribution in [0.15, 0.2) is 46.9 Å². The molecule has 0 aliphatic carbocycles. The Morgan fingerprint density at radius 1 is 1.16 bits per heavy atom. The first kappa shape index (κ1) is 17.9. The van der Waals surface area contributed by atoms with E-state index in [0.29, 0.717) is 33.9 Å². The van der Waals surface area contributed by atoms with Crippen molar-refractivity contribution in [3.63, 3.8) is 0 Å². The van der Waals surface area contributed by atoms with Gasteiger partial charge < -0.3 is 9.32 Å². The Kier molecular flexibility index (Phi) is 5.37. The van der Waals surface area contributed by atoms with Crippen LogP contribution >= 0.6 is 23.2 Å². The van der Waals surface area contributed by atoms with Crippen molar-refractivity contribution in [2.75, 3.05) is 7.05 Å². The number of benzene rings is 2. The maximum atomic E-state index is 14.0. The molecule has 0 saturated heterocycles. The van der Waals surface area contributed by atoms with Crippen LogP contribution in [0.1, 0.15) is 24.4 Å². The quantitative estimate of drug-likeness (QED) is 0.728. The maximum Gasteiger partial charge on any atom is 0.274 e. The molecule has 0 spiro atoms. The van der Waals surface area contributed by atoms with E-state index < -0.39 is 0 Å². The third-order valence-electron chi connectivity index (χ3n) is 4.14. The molecule has 3 aromatic rings. The van der Waals surface area contributed by atoms with Gasteiger partial charge in [-0.1, -0.05) is 35.3 Å². The topological polar surface area (TPSA) is 43.4 Å². The molecular weight excluding hydrogens is 364 g/mol. The number of hydrogen-bond donors (Lipinski definition) is 1. The van der Waals surface area contributed by atoms with Gasteiger partial charge in [-0.05, 0) is 37.3 Å². The maximum absolute atomic E-state index is 14.0. The minimum absolute atomic E-state index is 0.129. The molecule has 1 unspecified atom stereocenters. The summed E-state index contributed by atoms with van der Waals surface area (Å²) in [6, 6.07) is 11.8. The van der Waals surface area contributed by atoms with Crippen LogP contribution in [0.5, 0.6) is 0 Å². The molecule has 2 atom stereocenters. The summed E-state index contributed by atoms with van der Waals surface area (Å²) < 4.78 is 19.8. The van der Waals surface area contributed by atoms with Crippen molar-refractivity contribution in [1.29, 1.82) is 0 Å². The Hall–Kier alpha value is -1.95. The lowest BCUT2D eigenvalue weighted by atomic mass is 10.1. The van der Waals surface area contributed by atoms with Gasteiger partial charge >= 0.3 is 0 Å². The van der Waals surface area contributed by atoms with Gasteiger partial charge in [0.1, 0.15) is 12.4 Å². The van der Waals surface area contributed by atoms with E-state index >= 15 is 0 Å². The van der Waals surface area contributed by atoms with Gasteiger partial charge in [-0.3, -0.25) is 0 Å². The molecule has 130 valence electrons. The Balaban J connectivity index is 1.78. The third kappa shape index (κ3) is 4.00. The second-order valence-electron chi connectivity index (χ2n) is 5.90. The van der Waals surface area contributed by atoms with Crippen molar-refractivity contribution >= 4 is 23.2 Å². The van der Waals surface area contributed by atoms with Crippen LogP contribution in [-0.2, 0) is 6.54 Å². The van der Waals surface area contributed by atoms with Gasteiger partial charge in [-0.15, -0.1) is 10.2 Å². The molecule has 7 heteroatoms. The molecule has 0 radical (unpaired) electrons. The van der Waals surface area contributed by atoms with Crippen molar-refractivity contribution in [2.24, 2.45) is 0 Å². The summed E-state index contributed by atoms with van der Waals surface area (Å²) in [7, 11) is 1.93. The predicted molar refractivity (Wildman–Crippen MR) is 95.2 cm³/mol. The zero-order chi connectivity index (χ0) is 18.0. The summed E-state index contributed by atoms with van der Waals surface area (Å²) in [5.74, 6) is 0.560. The van der Waals surface area contributed by atoms with Crippen molar-refractivity contribution in [3.05, 3.63) is 69.8 Å². The van der Waals surface area contributed by atoms with Gasteiger partial charge in [-0.25, -0.2) is 4.39 Å². The molecule has 1 heterocycles. The first-order chi connectivity index (χ1) is 12.0.